The lowest BCUT2D eigenvalue weighted by Crippen LogP contribution is -2.20. The highest BCUT2D eigenvalue weighted by molar-refractivity contribution is 6.31. The first kappa shape index (κ1) is 10.7. The highest BCUT2D eigenvalue weighted by Gasteiger charge is 2.24. The molecule has 0 fully saturated rings. The summed E-state index contributed by atoms with van der Waals surface area (Å²) in [7, 11) is 0. The molecule has 0 saturated heterocycles. The van der Waals surface area contributed by atoms with E-state index in [0.29, 0.717) is 28.3 Å². The molecular weight excluding hydrogens is 262 g/mol. The third-order valence-electron chi connectivity index (χ3n) is 3.38. The van der Waals surface area contributed by atoms with Crippen molar-refractivity contribution in [2.45, 2.75) is 6.42 Å². The molecule has 0 N–H and O–H groups in total. The summed E-state index contributed by atoms with van der Waals surface area (Å²) in [5.74, 6) is 0.694. The van der Waals surface area contributed by atoms with Gasteiger partial charge >= 0.3 is 0 Å². The van der Waals surface area contributed by atoms with E-state index in [4.69, 9.17) is 11.6 Å². The molecule has 3 heterocycles. The van der Waals surface area contributed by atoms with E-state index in [1.807, 2.05) is 18.2 Å². The Kier molecular flexibility index (Phi) is 2.05. The summed E-state index contributed by atoms with van der Waals surface area (Å²) in [6.45, 7) is 0. The number of fused-ring (bicyclic) bond motifs is 4. The molecule has 0 aliphatic carbocycles. The van der Waals surface area contributed by atoms with Crippen LogP contribution in [0.25, 0.3) is 16.7 Å². The fourth-order valence-corrected chi connectivity index (χ4v) is 2.76. The normalized spacial score (nSPS) is 12.5. The first-order chi connectivity index (χ1) is 9.25. The standard InChI is InChI=1S/C14H8ClN3O/c15-10-4-1-5-11-9(10)7-12-17-13-8(3-2-6-16-13)14(19)18(11)12/h1-6H,7H2. The first-order valence-electron chi connectivity index (χ1n) is 5.90. The maximum absolute atomic E-state index is 12.5. The number of hydrogen-bond acceptors (Lipinski definition) is 3. The van der Waals surface area contributed by atoms with Gasteiger partial charge in [-0.3, -0.25) is 9.36 Å². The van der Waals surface area contributed by atoms with Crippen molar-refractivity contribution in [2.24, 2.45) is 0 Å². The summed E-state index contributed by atoms with van der Waals surface area (Å²) in [5, 5.41) is 1.19. The Morgan fingerprint density at radius 3 is 3.00 bits per heavy atom. The Labute approximate surface area is 113 Å². The van der Waals surface area contributed by atoms with Crippen LogP contribution in [0.1, 0.15) is 11.4 Å². The number of pyridine rings is 1. The number of rotatable bonds is 0. The van der Waals surface area contributed by atoms with Crippen LogP contribution in [0.4, 0.5) is 0 Å². The van der Waals surface area contributed by atoms with E-state index in [1.165, 1.54) is 0 Å². The zero-order chi connectivity index (χ0) is 13.0. The van der Waals surface area contributed by atoms with Gasteiger partial charge in [-0.15, -0.1) is 0 Å². The second kappa shape index (κ2) is 3.65. The van der Waals surface area contributed by atoms with Crippen LogP contribution in [0.2, 0.25) is 5.02 Å². The van der Waals surface area contributed by atoms with Gasteiger partial charge < -0.3 is 0 Å². The minimum atomic E-state index is -0.0888. The average Bonchev–Trinajstić information content (AvgIpc) is 2.79. The molecule has 4 rings (SSSR count). The number of halogens is 1. The Balaban J connectivity index is 2.16. The van der Waals surface area contributed by atoms with Crippen LogP contribution in [0, 0.1) is 0 Å². The molecule has 1 aromatic carbocycles. The van der Waals surface area contributed by atoms with E-state index in [2.05, 4.69) is 9.97 Å². The van der Waals surface area contributed by atoms with Gasteiger partial charge in [0.05, 0.1) is 11.1 Å². The maximum atomic E-state index is 12.5. The van der Waals surface area contributed by atoms with E-state index in [1.54, 1.807) is 22.9 Å². The quantitative estimate of drug-likeness (QED) is 0.492. The molecule has 92 valence electrons. The van der Waals surface area contributed by atoms with Crippen LogP contribution >= 0.6 is 11.6 Å². The van der Waals surface area contributed by atoms with Crippen molar-refractivity contribution in [2.75, 3.05) is 0 Å². The molecule has 0 bridgehead atoms. The molecule has 4 nitrogen and oxygen atoms in total. The third kappa shape index (κ3) is 1.37. The van der Waals surface area contributed by atoms with Crippen LogP contribution in [0.5, 0.6) is 0 Å². The van der Waals surface area contributed by atoms with E-state index in [9.17, 15) is 4.79 Å². The predicted octanol–water partition coefficient (Wildman–Crippen LogP) is 2.34. The predicted molar refractivity (Wildman–Crippen MR) is 73.0 cm³/mol. The Morgan fingerprint density at radius 2 is 2.11 bits per heavy atom. The molecule has 0 radical (unpaired) electrons. The lowest BCUT2D eigenvalue weighted by molar-refractivity contribution is 0.908. The molecule has 1 aliphatic rings. The van der Waals surface area contributed by atoms with E-state index >= 15 is 0 Å². The van der Waals surface area contributed by atoms with Gasteiger partial charge in [-0.05, 0) is 24.3 Å². The molecular formula is C14H8ClN3O. The van der Waals surface area contributed by atoms with Crippen molar-refractivity contribution in [3.8, 4) is 5.69 Å². The molecule has 0 amide bonds. The summed E-state index contributed by atoms with van der Waals surface area (Å²) in [6.07, 6.45) is 2.21. The number of hydrogen-bond donors (Lipinski definition) is 0. The SMILES string of the molecule is O=c1c2cccnc2nc2n1-c1cccc(Cl)c1C2. The van der Waals surface area contributed by atoms with Crippen molar-refractivity contribution < 1.29 is 0 Å². The van der Waals surface area contributed by atoms with Gasteiger partial charge in [-0.25, -0.2) is 9.97 Å². The summed E-state index contributed by atoms with van der Waals surface area (Å²) in [4.78, 5) is 21.1. The zero-order valence-corrected chi connectivity index (χ0v) is 10.6. The van der Waals surface area contributed by atoms with Gasteiger partial charge in [0, 0.05) is 23.2 Å². The molecule has 19 heavy (non-hydrogen) atoms. The highest BCUT2D eigenvalue weighted by atomic mass is 35.5. The van der Waals surface area contributed by atoms with Gasteiger partial charge in [0.15, 0.2) is 5.65 Å². The van der Waals surface area contributed by atoms with Gasteiger partial charge in [0.1, 0.15) is 5.82 Å². The average molecular weight is 270 g/mol. The van der Waals surface area contributed by atoms with Crippen LogP contribution in [-0.2, 0) is 6.42 Å². The second-order valence-corrected chi connectivity index (χ2v) is 4.86. The van der Waals surface area contributed by atoms with Crippen molar-refractivity contribution in [1.82, 2.24) is 14.5 Å². The summed E-state index contributed by atoms with van der Waals surface area (Å²) < 4.78 is 1.63. The van der Waals surface area contributed by atoms with E-state index < -0.39 is 0 Å². The largest absolute Gasteiger partial charge is 0.268 e. The third-order valence-corrected chi connectivity index (χ3v) is 3.74. The van der Waals surface area contributed by atoms with Crippen LogP contribution in [-0.4, -0.2) is 14.5 Å². The Morgan fingerprint density at radius 1 is 1.21 bits per heavy atom. The molecule has 0 saturated carbocycles. The fraction of sp³-hybridized carbons (Fsp3) is 0.0714. The molecule has 3 aromatic rings. The molecule has 0 spiro atoms. The van der Waals surface area contributed by atoms with Crippen molar-refractivity contribution in [1.29, 1.82) is 0 Å². The van der Waals surface area contributed by atoms with Crippen LogP contribution in [0.3, 0.4) is 0 Å². The fourth-order valence-electron chi connectivity index (χ4n) is 2.52. The first-order valence-corrected chi connectivity index (χ1v) is 6.28. The van der Waals surface area contributed by atoms with Gasteiger partial charge in [-0.1, -0.05) is 17.7 Å². The molecule has 0 atom stereocenters. The second-order valence-electron chi connectivity index (χ2n) is 4.46. The minimum absolute atomic E-state index is 0.0888. The van der Waals surface area contributed by atoms with Gasteiger partial charge in [0.25, 0.3) is 5.56 Å². The van der Waals surface area contributed by atoms with E-state index in [-0.39, 0.29) is 5.56 Å². The summed E-state index contributed by atoms with van der Waals surface area (Å²) >= 11 is 6.19. The molecule has 1 aliphatic heterocycles. The van der Waals surface area contributed by atoms with Gasteiger partial charge in [-0.2, -0.15) is 0 Å². The summed E-state index contributed by atoms with van der Waals surface area (Å²) in [6, 6.07) is 9.05. The Hall–Kier alpha value is -2.20. The lowest BCUT2D eigenvalue weighted by atomic mass is 10.1. The van der Waals surface area contributed by atoms with Crippen molar-refractivity contribution >= 4 is 22.6 Å². The number of benzene rings is 1. The lowest BCUT2D eigenvalue weighted by Gasteiger charge is -2.05. The Bertz CT molecular complexity index is 885. The smallest absolute Gasteiger partial charge is 0.267 e. The molecule has 0 unspecified atom stereocenters. The van der Waals surface area contributed by atoms with Crippen LogP contribution < -0.4 is 5.56 Å². The van der Waals surface area contributed by atoms with Gasteiger partial charge in [0.2, 0.25) is 0 Å². The minimum Gasteiger partial charge on any atom is -0.268 e. The van der Waals surface area contributed by atoms with Crippen molar-refractivity contribution in [3.63, 3.8) is 0 Å². The highest BCUT2D eigenvalue weighted by Crippen LogP contribution is 2.31. The monoisotopic (exact) mass is 269 g/mol. The maximum Gasteiger partial charge on any atom is 0.267 e. The number of aromatic nitrogens is 3. The van der Waals surface area contributed by atoms with Crippen molar-refractivity contribution in [3.05, 3.63) is 63.3 Å². The zero-order valence-electron chi connectivity index (χ0n) is 9.80. The molecule has 2 aromatic heterocycles. The number of nitrogens with zero attached hydrogens (tertiary/aromatic N) is 3. The summed E-state index contributed by atoms with van der Waals surface area (Å²) in [5.41, 5.74) is 2.17. The topological polar surface area (TPSA) is 47.8 Å². The van der Waals surface area contributed by atoms with E-state index in [0.717, 1.165) is 11.3 Å². The molecule has 5 heteroatoms. The van der Waals surface area contributed by atoms with Crippen LogP contribution in [0.15, 0.2) is 41.3 Å².